The second-order valence-electron chi connectivity index (χ2n) is 6.45. The van der Waals surface area contributed by atoms with Gasteiger partial charge in [0.15, 0.2) is 0 Å². The van der Waals surface area contributed by atoms with Gasteiger partial charge in [-0.05, 0) is 43.6 Å². The van der Waals surface area contributed by atoms with E-state index in [2.05, 4.69) is 31.2 Å². The third-order valence-corrected chi connectivity index (χ3v) is 4.98. The average Bonchev–Trinajstić information content (AvgIpc) is 2.99. The first-order valence-electron chi connectivity index (χ1n) is 7.72. The number of aryl methyl sites for hydroxylation is 2. The predicted octanol–water partition coefficient (Wildman–Crippen LogP) is 2.55. The Balaban J connectivity index is 0.00000161. The van der Waals surface area contributed by atoms with Crippen molar-refractivity contribution in [3.8, 4) is 0 Å². The van der Waals surface area contributed by atoms with Crippen molar-refractivity contribution in [1.29, 1.82) is 0 Å². The topological polar surface area (TPSA) is 46.3 Å². The Labute approximate surface area is 133 Å². The molecule has 3 unspecified atom stereocenters. The molecule has 3 rings (SSSR count). The van der Waals surface area contributed by atoms with Gasteiger partial charge in [-0.25, -0.2) is 0 Å². The monoisotopic (exact) mass is 308 g/mol. The van der Waals surface area contributed by atoms with E-state index in [-0.39, 0.29) is 12.4 Å². The molecular weight excluding hydrogens is 284 g/mol. The maximum atomic E-state index is 12.3. The van der Waals surface area contributed by atoms with Gasteiger partial charge >= 0.3 is 0 Å². The Kier molecular flexibility index (Phi) is 5.28. The van der Waals surface area contributed by atoms with Crippen LogP contribution in [0.3, 0.4) is 0 Å². The number of nitrogens with two attached hydrogens (primary N) is 1. The summed E-state index contributed by atoms with van der Waals surface area (Å²) in [7, 11) is 0. The number of halogens is 1. The van der Waals surface area contributed by atoms with E-state index in [0.717, 1.165) is 25.9 Å². The Hall–Kier alpha value is -1.06. The van der Waals surface area contributed by atoms with E-state index in [1.54, 1.807) is 0 Å². The molecule has 0 aromatic heterocycles. The Bertz CT molecular complexity index is 505. The van der Waals surface area contributed by atoms with Crippen LogP contribution in [0.15, 0.2) is 24.3 Å². The summed E-state index contributed by atoms with van der Waals surface area (Å²) in [4.78, 5) is 14.4. The van der Waals surface area contributed by atoms with Crippen molar-refractivity contribution in [2.24, 2.45) is 17.6 Å². The molecule has 4 heteroatoms. The molecule has 21 heavy (non-hydrogen) atoms. The average molecular weight is 309 g/mol. The zero-order valence-corrected chi connectivity index (χ0v) is 13.4. The van der Waals surface area contributed by atoms with E-state index in [1.165, 1.54) is 17.5 Å². The maximum Gasteiger partial charge on any atom is 0.222 e. The third-order valence-electron chi connectivity index (χ3n) is 4.98. The van der Waals surface area contributed by atoms with Crippen LogP contribution >= 0.6 is 12.4 Å². The van der Waals surface area contributed by atoms with Crippen molar-refractivity contribution in [3.05, 3.63) is 35.4 Å². The first kappa shape index (κ1) is 16.3. The summed E-state index contributed by atoms with van der Waals surface area (Å²) < 4.78 is 0. The van der Waals surface area contributed by atoms with Gasteiger partial charge in [-0.2, -0.15) is 0 Å². The molecule has 1 aliphatic carbocycles. The van der Waals surface area contributed by atoms with Crippen LogP contribution < -0.4 is 5.73 Å². The van der Waals surface area contributed by atoms with Crippen LogP contribution in [-0.4, -0.2) is 29.9 Å². The van der Waals surface area contributed by atoms with Crippen molar-refractivity contribution in [2.45, 2.75) is 38.6 Å². The summed E-state index contributed by atoms with van der Waals surface area (Å²) in [6, 6.07) is 8.74. The number of hydrogen-bond donors (Lipinski definition) is 1. The lowest BCUT2D eigenvalue weighted by molar-refractivity contribution is -0.130. The van der Waals surface area contributed by atoms with E-state index in [0.29, 0.717) is 30.2 Å². The lowest BCUT2D eigenvalue weighted by atomic mass is 9.98. The smallest absolute Gasteiger partial charge is 0.222 e. The number of fused-ring (bicyclic) bond motifs is 1. The van der Waals surface area contributed by atoms with Gasteiger partial charge < -0.3 is 10.6 Å². The van der Waals surface area contributed by atoms with Crippen LogP contribution in [0.2, 0.25) is 0 Å². The van der Waals surface area contributed by atoms with Crippen molar-refractivity contribution < 1.29 is 4.79 Å². The first-order valence-corrected chi connectivity index (χ1v) is 7.72. The molecule has 1 aromatic carbocycles. The molecule has 0 bridgehead atoms. The lowest BCUT2D eigenvalue weighted by Gasteiger charge is -2.18. The number of amides is 1. The number of carbonyl (C=O) groups is 1. The second kappa shape index (κ2) is 6.80. The highest BCUT2D eigenvalue weighted by molar-refractivity contribution is 5.85. The van der Waals surface area contributed by atoms with E-state index in [4.69, 9.17) is 5.73 Å². The minimum atomic E-state index is 0. The molecule has 0 spiro atoms. The molecule has 116 valence electrons. The molecule has 1 aliphatic heterocycles. The summed E-state index contributed by atoms with van der Waals surface area (Å²) in [5.41, 5.74) is 8.65. The second-order valence-corrected chi connectivity index (χ2v) is 6.45. The number of likely N-dealkylation sites (tertiary alicyclic amines) is 1. The van der Waals surface area contributed by atoms with Crippen LogP contribution in [0.4, 0.5) is 0 Å². The highest BCUT2D eigenvalue weighted by atomic mass is 35.5. The van der Waals surface area contributed by atoms with E-state index < -0.39 is 0 Å². The summed E-state index contributed by atoms with van der Waals surface area (Å²) in [6.07, 6.45) is 3.81. The molecule has 3 nitrogen and oxygen atoms in total. The van der Waals surface area contributed by atoms with Gasteiger partial charge in [0.05, 0.1) is 0 Å². The van der Waals surface area contributed by atoms with Gasteiger partial charge in [-0.3, -0.25) is 4.79 Å². The zero-order chi connectivity index (χ0) is 14.1. The molecule has 1 saturated carbocycles. The summed E-state index contributed by atoms with van der Waals surface area (Å²) >= 11 is 0. The standard InChI is InChI=1S/C17H24N2O.ClH/c1-12-3-2-4-13(9-12)5-8-17(20)19-10-14-6-7-16(18)15(14)11-19;/h2-4,9,14-16H,5-8,10-11,18H2,1H3;1H. The van der Waals surface area contributed by atoms with Crippen molar-refractivity contribution in [2.75, 3.05) is 13.1 Å². The number of hydrogen-bond acceptors (Lipinski definition) is 2. The number of benzene rings is 1. The molecule has 1 heterocycles. The fourth-order valence-corrected chi connectivity index (χ4v) is 3.79. The predicted molar refractivity (Wildman–Crippen MR) is 87.5 cm³/mol. The van der Waals surface area contributed by atoms with Gasteiger partial charge in [-0.15, -0.1) is 12.4 Å². The van der Waals surface area contributed by atoms with Gasteiger partial charge in [0.1, 0.15) is 0 Å². The van der Waals surface area contributed by atoms with Gasteiger partial charge in [-0.1, -0.05) is 29.8 Å². The van der Waals surface area contributed by atoms with Gasteiger partial charge in [0, 0.05) is 25.6 Å². The zero-order valence-electron chi connectivity index (χ0n) is 12.6. The van der Waals surface area contributed by atoms with Crippen molar-refractivity contribution in [1.82, 2.24) is 4.90 Å². The molecule has 2 fully saturated rings. The minimum absolute atomic E-state index is 0. The van der Waals surface area contributed by atoms with E-state index >= 15 is 0 Å². The van der Waals surface area contributed by atoms with Crippen molar-refractivity contribution in [3.63, 3.8) is 0 Å². The Morgan fingerprint density at radius 2 is 2.14 bits per heavy atom. The molecule has 1 amide bonds. The molecule has 1 saturated heterocycles. The quantitative estimate of drug-likeness (QED) is 0.933. The summed E-state index contributed by atoms with van der Waals surface area (Å²) in [5.74, 6) is 1.51. The largest absolute Gasteiger partial charge is 0.342 e. The van der Waals surface area contributed by atoms with E-state index in [1.807, 2.05) is 4.90 Å². The highest BCUT2D eigenvalue weighted by Gasteiger charge is 2.42. The van der Waals surface area contributed by atoms with Crippen LogP contribution in [0, 0.1) is 18.8 Å². The molecule has 3 atom stereocenters. The van der Waals surface area contributed by atoms with Crippen LogP contribution in [-0.2, 0) is 11.2 Å². The van der Waals surface area contributed by atoms with Gasteiger partial charge in [0.25, 0.3) is 0 Å². The minimum Gasteiger partial charge on any atom is -0.342 e. The van der Waals surface area contributed by atoms with Crippen LogP contribution in [0.1, 0.15) is 30.4 Å². The lowest BCUT2D eigenvalue weighted by Crippen LogP contribution is -2.33. The van der Waals surface area contributed by atoms with Gasteiger partial charge in [0.2, 0.25) is 5.91 Å². The maximum absolute atomic E-state index is 12.3. The summed E-state index contributed by atoms with van der Waals surface area (Å²) in [6.45, 7) is 3.91. The van der Waals surface area contributed by atoms with E-state index in [9.17, 15) is 4.79 Å². The molecule has 0 radical (unpaired) electrons. The molecule has 2 N–H and O–H groups in total. The first-order chi connectivity index (χ1) is 9.63. The fourth-order valence-electron chi connectivity index (χ4n) is 3.79. The van der Waals surface area contributed by atoms with Crippen LogP contribution in [0.5, 0.6) is 0 Å². The fraction of sp³-hybridized carbons (Fsp3) is 0.588. The number of carbonyl (C=O) groups excluding carboxylic acids is 1. The Morgan fingerprint density at radius 3 is 2.86 bits per heavy atom. The SMILES string of the molecule is Cc1cccc(CCC(=O)N2CC3CCC(N)C3C2)c1.Cl. The highest BCUT2D eigenvalue weighted by Crippen LogP contribution is 2.37. The number of nitrogens with zero attached hydrogens (tertiary/aromatic N) is 1. The third kappa shape index (κ3) is 3.58. The summed E-state index contributed by atoms with van der Waals surface area (Å²) in [5, 5.41) is 0. The molecular formula is C17H25ClN2O. The normalized spacial score (nSPS) is 27.3. The Morgan fingerprint density at radius 1 is 1.33 bits per heavy atom. The van der Waals surface area contributed by atoms with Crippen molar-refractivity contribution >= 4 is 18.3 Å². The van der Waals surface area contributed by atoms with Crippen LogP contribution in [0.25, 0.3) is 0 Å². The molecule has 2 aliphatic rings. The number of rotatable bonds is 3. The molecule has 1 aromatic rings.